The van der Waals surface area contributed by atoms with Gasteiger partial charge in [-0.1, -0.05) is 12.1 Å². The summed E-state index contributed by atoms with van der Waals surface area (Å²) >= 11 is 0. The maximum absolute atomic E-state index is 11.1. The zero-order chi connectivity index (χ0) is 24.7. The molecule has 1 fully saturated rings. The summed E-state index contributed by atoms with van der Waals surface area (Å²) in [5, 5.41) is 18.0. The Kier molecular flexibility index (Phi) is 5.93. The minimum absolute atomic E-state index is 0.653. The van der Waals surface area contributed by atoms with Crippen molar-refractivity contribution in [3.05, 3.63) is 65.0 Å². The number of rotatable bonds is 4. The lowest BCUT2D eigenvalue weighted by Crippen LogP contribution is -2.40. The first-order valence-corrected chi connectivity index (χ1v) is 12.9. The standard InChI is InChI=1S/C28H34N6O2/c1-19-24(17-31-27-26(19)29-10-14-36-27)34-11-7-20-16-30-25(15-21(20)18-34)32-23-5-3-22(4-6-23)28(35)8-12-33(2)13-9-28/h3-6,15-17,29,35H,7-14,18H2,1-2H3,(H,30,32). The number of anilines is 4. The molecular weight excluding hydrogens is 452 g/mol. The molecule has 8 nitrogen and oxygen atoms in total. The van der Waals surface area contributed by atoms with Gasteiger partial charge in [0.15, 0.2) is 0 Å². The third-order valence-corrected chi connectivity index (χ3v) is 7.86. The van der Waals surface area contributed by atoms with Gasteiger partial charge < -0.3 is 30.3 Å². The first-order valence-electron chi connectivity index (χ1n) is 12.9. The SMILES string of the molecule is Cc1c(N2CCc3cnc(Nc4ccc(C5(O)CCN(C)CC5)cc4)cc3C2)cnc2c1NCCO2. The van der Waals surface area contributed by atoms with Gasteiger partial charge in [0.2, 0.25) is 5.88 Å². The number of fused-ring (bicyclic) bond motifs is 2. The molecule has 3 aliphatic rings. The molecular formula is C28H34N6O2. The second-order valence-electron chi connectivity index (χ2n) is 10.3. The van der Waals surface area contributed by atoms with Crippen LogP contribution >= 0.6 is 0 Å². The fourth-order valence-corrected chi connectivity index (χ4v) is 5.53. The lowest BCUT2D eigenvalue weighted by atomic mass is 9.84. The quantitative estimate of drug-likeness (QED) is 0.513. The van der Waals surface area contributed by atoms with Gasteiger partial charge in [-0.25, -0.2) is 9.97 Å². The predicted octanol–water partition coefficient (Wildman–Crippen LogP) is 3.81. The van der Waals surface area contributed by atoms with Crippen LogP contribution in [0.25, 0.3) is 0 Å². The lowest BCUT2D eigenvalue weighted by molar-refractivity contribution is -0.0203. The number of hydrogen-bond acceptors (Lipinski definition) is 8. The predicted molar refractivity (Wildman–Crippen MR) is 142 cm³/mol. The normalized spacial score (nSPS) is 19.0. The second-order valence-corrected chi connectivity index (χ2v) is 10.3. The van der Waals surface area contributed by atoms with E-state index in [2.05, 4.69) is 50.4 Å². The molecule has 188 valence electrons. The number of aliphatic hydroxyl groups is 1. The largest absolute Gasteiger partial charge is 0.474 e. The fourth-order valence-electron chi connectivity index (χ4n) is 5.53. The molecule has 2 aromatic heterocycles. The summed E-state index contributed by atoms with van der Waals surface area (Å²) in [5.74, 6) is 1.53. The number of ether oxygens (including phenoxy) is 1. The average molecular weight is 487 g/mol. The highest BCUT2D eigenvalue weighted by molar-refractivity contribution is 5.70. The smallest absolute Gasteiger partial charge is 0.237 e. The van der Waals surface area contributed by atoms with Gasteiger partial charge in [0.25, 0.3) is 0 Å². The Morgan fingerprint density at radius 1 is 1.06 bits per heavy atom. The first kappa shape index (κ1) is 23.1. The molecule has 0 amide bonds. The van der Waals surface area contributed by atoms with Crippen LogP contribution in [0, 0.1) is 6.92 Å². The molecule has 8 heteroatoms. The molecule has 36 heavy (non-hydrogen) atoms. The summed E-state index contributed by atoms with van der Waals surface area (Å²) < 4.78 is 5.70. The molecule has 6 rings (SSSR count). The van der Waals surface area contributed by atoms with Gasteiger partial charge in [0.05, 0.1) is 17.5 Å². The molecule has 0 radical (unpaired) electrons. The lowest BCUT2D eigenvalue weighted by Gasteiger charge is -2.37. The monoisotopic (exact) mass is 486 g/mol. The van der Waals surface area contributed by atoms with Crippen LogP contribution in [-0.4, -0.2) is 59.8 Å². The Labute approximate surface area is 212 Å². The molecule has 1 saturated heterocycles. The Hall–Kier alpha value is -3.36. The highest BCUT2D eigenvalue weighted by Crippen LogP contribution is 2.37. The van der Waals surface area contributed by atoms with Crippen LogP contribution in [0.15, 0.2) is 42.7 Å². The van der Waals surface area contributed by atoms with E-state index in [0.29, 0.717) is 12.5 Å². The Morgan fingerprint density at radius 2 is 1.86 bits per heavy atom. The van der Waals surface area contributed by atoms with Gasteiger partial charge in [-0.05, 0) is 68.1 Å². The van der Waals surface area contributed by atoms with Crippen molar-refractivity contribution in [1.29, 1.82) is 0 Å². The Balaban J connectivity index is 1.17. The van der Waals surface area contributed by atoms with Crippen molar-refractivity contribution >= 4 is 22.9 Å². The van der Waals surface area contributed by atoms with Crippen LogP contribution in [0.3, 0.4) is 0 Å². The van der Waals surface area contributed by atoms with E-state index >= 15 is 0 Å². The van der Waals surface area contributed by atoms with Gasteiger partial charge in [0.1, 0.15) is 18.1 Å². The van der Waals surface area contributed by atoms with Gasteiger partial charge in [-0.2, -0.15) is 0 Å². The van der Waals surface area contributed by atoms with Crippen molar-refractivity contribution in [2.75, 3.05) is 55.4 Å². The second kappa shape index (κ2) is 9.26. The molecule has 0 spiro atoms. The minimum atomic E-state index is -0.732. The zero-order valence-electron chi connectivity index (χ0n) is 21.0. The zero-order valence-corrected chi connectivity index (χ0v) is 21.0. The van der Waals surface area contributed by atoms with Crippen molar-refractivity contribution in [2.24, 2.45) is 0 Å². The van der Waals surface area contributed by atoms with E-state index in [1.165, 1.54) is 16.7 Å². The summed E-state index contributed by atoms with van der Waals surface area (Å²) in [5.41, 5.74) is 7.13. The van der Waals surface area contributed by atoms with Crippen LogP contribution in [0.5, 0.6) is 5.88 Å². The number of nitrogens with one attached hydrogen (secondary N) is 2. The number of hydrogen-bond donors (Lipinski definition) is 3. The molecule has 0 atom stereocenters. The van der Waals surface area contributed by atoms with E-state index in [1.807, 2.05) is 36.7 Å². The average Bonchev–Trinajstić information content (AvgIpc) is 2.91. The van der Waals surface area contributed by atoms with E-state index < -0.39 is 5.60 Å². The van der Waals surface area contributed by atoms with E-state index in [0.717, 1.165) is 80.4 Å². The molecule has 3 aliphatic heterocycles. The Morgan fingerprint density at radius 3 is 2.67 bits per heavy atom. The van der Waals surface area contributed by atoms with Crippen LogP contribution in [0.4, 0.5) is 22.9 Å². The topological polar surface area (TPSA) is 85.8 Å². The summed E-state index contributed by atoms with van der Waals surface area (Å²) in [6.45, 7) is 7.17. The molecule has 0 aliphatic carbocycles. The summed E-state index contributed by atoms with van der Waals surface area (Å²) in [6.07, 6.45) is 6.42. The van der Waals surface area contributed by atoms with Crippen molar-refractivity contribution < 1.29 is 9.84 Å². The number of piperidine rings is 1. The molecule has 3 N–H and O–H groups in total. The van der Waals surface area contributed by atoms with E-state index in [9.17, 15) is 5.11 Å². The van der Waals surface area contributed by atoms with Crippen LogP contribution in [-0.2, 0) is 18.6 Å². The third-order valence-electron chi connectivity index (χ3n) is 7.86. The maximum Gasteiger partial charge on any atom is 0.237 e. The number of aromatic nitrogens is 2. The molecule has 1 aromatic carbocycles. The highest BCUT2D eigenvalue weighted by Gasteiger charge is 2.32. The first-order chi connectivity index (χ1) is 17.5. The van der Waals surface area contributed by atoms with Crippen LogP contribution < -0.4 is 20.3 Å². The number of pyridine rings is 2. The van der Waals surface area contributed by atoms with Gasteiger partial charge in [-0.15, -0.1) is 0 Å². The number of benzene rings is 1. The molecule has 3 aromatic rings. The van der Waals surface area contributed by atoms with Gasteiger partial charge >= 0.3 is 0 Å². The fraction of sp³-hybridized carbons (Fsp3) is 0.429. The van der Waals surface area contributed by atoms with E-state index in [4.69, 9.17) is 4.74 Å². The van der Waals surface area contributed by atoms with Gasteiger partial charge in [-0.3, -0.25) is 0 Å². The summed E-state index contributed by atoms with van der Waals surface area (Å²) in [7, 11) is 2.11. The molecule has 5 heterocycles. The molecule has 0 bridgehead atoms. The minimum Gasteiger partial charge on any atom is -0.474 e. The van der Waals surface area contributed by atoms with E-state index in [-0.39, 0.29) is 0 Å². The third kappa shape index (κ3) is 4.35. The number of nitrogens with zero attached hydrogens (tertiary/aromatic N) is 4. The van der Waals surface area contributed by atoms with Crippen molar-refractivity contribution in [2.45, 2.75) is 38.3 Å². The maximum atomic E-state index is 11.1. The van der Waals surface area contributed by atoms with Crippen LogP contribution in [0.2, 0.25) is 0 Å². The summed E-state index contributed by atoms with van der Waals surface area (Å²) in [4.78, 5) is 13.9. The van der Waals surface area contributed by atoms with E-state index in [1.54, 1.807) is 0 Å². The van der Waals surface area contributed by atoms with Crippen molar-refractivity contribution in [3.8, 4) is 5.88 Å². The highest BCUT2D eigenvalue weighted by atomic mass is 16.5. The van der Waals surface area contributed by atoms with Crippen molar-refractivity contribution in [1.82, 2.24) is 14.9 Å². The molecule has 0 unspecified atom stereocenters. The Bertz CT molecular complexity index is 1250. The van der Waals surface area contributed by atoms with Crippen molar-refractivity contribution in [3.63, 3.8) is 0 Å². The van der Waals surface area contributed by atoms with Gasteiger partial charge in [0, 0.05) is 50.2 Å². The molecule has 0 saturated carbocycles. The number of likely N-dealkylation sites (tertiary alicyclic amines) is 1. The summed E-state index contributed by atoms with van der Waals surface area (Å²) in [6, 6.07) is 10.3. The van der Waals surface area contributed by atoms with Crippen LogP contribution in [0.1, 0.15) is 35.1 Å².